The van der Waals surface area contributed by atoms with Crippen LogP contribution in [0, 0.1) is 6.92 Å². The van der Waals surface area contributed by atoms with Crippen molar-refractivity contribution in [2.24, 2.45) is 4.99 Å². The van der Waals surface area contributed by atoms with Gasteiger partial charge in [0, 0.05) is 32.8 Å². The number of carbonyl (C=O) groups is 1. The van der Waals surface area contributed by atoms with Gasteiger partial charge in [-0.25, -0.2) is 9.97 Å². The fourth-order valence-corrected chi connectivity index (χ4v) is 3.96. The number of nitrogens with one attached hydrogen (secondary N) is 2. The van der Waals surface area contributed by atoms with E-state index in [1.165, 1.54) is 25.6 Å². The lowest BCUT2D eigenvalue weighted by Gasteiger charge is -2.19. The van der Waals surface area contributed by atoms with E-state index in [0.29, 0.717) is 41.9 Å². The maximum atomic E-state index is 12.1. The third-order valence-electron chi connectivity index (χ3n) is 5.95. The van der Waals surface area contributed by atoms with Crippen LogP contribution in [-0.4, -0.2) is 59.4 Å². The second-order valence-corrected chi connectivity index (χ2v) is 8.66. The number of ether oxygens (including phenoxy) is 1. The average molecular weight is 481 g/mol. The smallest absolute Gasteiger partial charge is 0.220 e. The van der Waals surface area contributed by atoms with Crippen molar-refractivity contribution in [2.75, 3.05) is 32.1 Å². The van der Waals surface area contributed by atoms with E-state index < -0.39 is 0 Å². The van der Waals surface area contributed by atoms with Crippen molar-refractivity contribution in [3.63, 3.8) is 0 Å². The Bertz CT molecular complexity index is 1160. The zero-order valence-electron chi connectivity index (χ0n) is 21.1. The molecule has 0 saturated heterocycles. The molecule has 188 valence electrons. The van der Waals surface area contributed by atoms with Gasteiger partial charge in [-0.05, 0) is 37.1 Å². The molecule has 0 bridgehead atoms. The van der Waals surface area contributed by atoms with E-state index in [9.17, 15) is 9.90 Å². The number of carbonyl (C=O) groups excluding carboxylic acids is 1. The van der Waals surface area contributed by atoms with Crippen molar-refractivity contribution in [3.8, 4) is 11.6 Å². The Morgan fingerprint density at radius 1 is 1.26 bits per heavy atom. The summed E-state index contributed by atoms with van der Waals surface area (Å²) < 4.78 is 5.30. The van der Waals surface area contributed by atoms with Gasteiger partial charge in [0.1, 0.15) is 23.5 Å². The molecule has 0 saturated carbocycles. The molecule has 35 heavy (non-hydrogen) atoms. The molecule has 0 fully saturated rings. The molecule has 9 nitrogen and oxygen atoms in total. The molecule has 1 aromatic carbocycles. The van der Waals surface area contributed by atoms with Gasteiger partial charge in [0.05, 0.1) is 23.7 Å². The average Bonchev–Trinajstić information content (AvgIpc) is 3.17. The number of methoxy groups -OCH3 is 1. The van der Waals surface area contributed by atoms with E-state index in [0.717, 1.165) is 29.8 Å². The highest BCUT2D eigenvalue weighted by Gasteiger charge is 2.18. The maximum absolute atomic E-state index is 12.1. The maximum Gasteiger partial charge on any atom is 0.220 e. The number of unbranched alkanes of at least 4 members (excludes halogenated alkanes) is 4. The van der Waals surface area contributed by atoms with Crippen LogP contribution >= 0.6 is 0 Å². The van der Waals surface area contributed by atoms with Crippen LogP contribution in [0.4, 0.5) is 11.5 Å². The number of hydrogen-bond donors (Lipinski definition) is 3. The first kappa shape index (κ1) is 26.0. The van der Waals surface area contributed by atoms with Gasteiger partial charge in [0.2, 0.25) is 5.91 Å². The van der Waals surface area contributed by atoms with E-state index in [-0.39, 0.29) is 11.8 Å². The van der Waals surface area contributed by atoms with Crippen LogP contribution in [-0.2, 0) is 4.79 Å². The number of fused-ring (bicyclic) bond motifs is 1. The number of rotatable bonds is 13. The zero-order chi connectivity index (χ0) is 25.2. The minimum atomic E-state index is -0.0273. The summed E-state index contributed by atoms with van der Waals surface area (Å²) in [7, 11) is 3.53. The number of benzene rings is 1. The molecule has 2 heterocycles. The Morgan fingerprint density at radius 2 is 2.06 bits per heavy atom. The number of aliphatic imine (C=N–C) groups is 1. The monoisotopic (exact) mass is 480 g/mol. The first-order chi connectivity index (χ1) is 16.9. The lowest BCUT2D eigenvalue weighted by atomic mass is 10.1. The lowest BCUT2D eigenvalue weighted by Crippen LogP contribution is -2.33. The Balaban J connectivity index is 1.68. The number of H-pyrrole nitrogens is 1. The van der Waals surface area contributed by atoms with E-state index >= 15 is 0 Å². The molecule has 0 atom stereocenters. The highest BCUT2D eigenvalue weighted by Crippen LogP contribution is 2.31. The quantitative estimate of drug-likeness (QED) is 0.242. The van der Waals surface area contributed by atoms with Crippen molar-refractivity contribution in [1.82, 2.24) is 20.3 Å². The molecular formula is C26H36N6O3. The second-order valence-electron chi connectivity index (χ2n) is 8.66. The fourth-order valence-electron chi connectivity index (χ4n) is 3.96. The van der Waals surface area contributed by atoms with Crippen molar-refractivity contribution in [1.29, 1.82) is 0 Å². The van der Waals surface area contributed by atoms with E-state index in [2.05, 4.69) is 32.2 Å². The van der Waals surface area contributed by atoms with Gasteiger partial charge in [0.25, 0.3) is 0 Å². The number of nitrogens with zero attached hydrogens (tertiary/aromatic N) is 4. The SMILES string of the molecule is CCCCCCCC(=O)NCCN(C)c1ncnc2[nH]c(O)c(C=Nc3ccc(OC)c(C)c3)c12. The Morgan fingerprint density at radius 3 is 2.80 bits per heavy atom. The van der Waals surface area contributed by atoms with Crippen LogP contribution in [0.5, 0.6) is 11.6 Å². The predicted octanol–water partition coefficient (Wildman–Crippen LogP) is 4.64. The van der Waals surface area contributed by atoms with Crippen LogP contribution in [0.1, 0.15) is 56.6 Å². The Labute approximate surface area is 206 Å². The van der Waals surface area contributed by atoms with Crippen molar-refractivity contribution in [2.45, 2.75) is 52.4 Å². The normalized spacial score (nSPS) is 11.3. The molecule has 3 aromatic rings. The summed E-state index contributed by atoms with van der Waals surface area (Å²) in [5.74, 6) is 1.48. The van der Waals surface area contributed by atoms with Crippen molar-refractivity contribution < 1.29 is 14.6 Å². The molecule has 2 aromatic heterocycles. The molecule has 0 radical (unpaired) electrons. The van der Waals surface area contributed by atoms with Crippen LogP contribution in [0.25, 0.3) is 11.0 Å². The largest absolute Gasteiger partial charge is 0.496 e. The van der Waals surface area contributed by atoms with Gasteiger partial charge in [-0.1, -0.05) is 32.6 Å². The molecule has 0 unspecified atom stereocenters. The summed E-state index contributed by atoms with van der Waals surface area (Å²) >= 11 is 0. The van der Waals surface area contributed by atoms with Gasteiger partial charge >= 0.3 is 0 Å². The fraction of sp³-hybridized carbons (Fsp3) is 0.462. The molecule has 3 N–H and O–H groups in total. The topological polar surface area (TPSA) is 116 Å². The molecule has 9 heteroatoms. The number of hydrogen-bond acceptors (Lipinski definition) is 7. The first-order valence-corrected chi connectivity index (χ1v) is 12.2. The zero-order valence-corrected chi connectivity index (χ0v) is 21.1. The Kier molecular flexibility index (Phi) is 9.46. The van der Waals surface area contributed by atoms with Gasteiger partial charge < -0.3 is 25.0 Å². The summed E-state index contributed by atoms with van der Waals surface area (Å²) in [6.45, 7) is 5.20. The molecule has 0 aliphatic rings. The molecule has 3 rings (SSSR count). The number of amides is 1. The van der Waals surface area contributed by atoms with Crippen LogP contribution in [0.2, 0.25) is 0 Å². The van der Waals surface area contributed by atoms with E-state index in [4.69, 9.17) is 4.74 Å². The van der Waals surface area contributed by atoms with Crippen molar-refractivity contribution >= 4 is 34.7 Å². The van der Waals surface area contributed by atoms with Gasteiger partial charge in [-0.15, -0.1) is 0 Å². The summed E-state index contributed by atoms with van der Waals surface area (Å²) in [4.78, 5) is 30.2. The van der Waals surface area contributed by atoms with Gasteiger partial charge in [0.15, 0.2) is 5.88 Å². The van der Waals surface area contributed by atoms with Gasteiger partial charge in [-0.3, -0.25) is 9.79 Å². The molecule has 0 spiro atoms. The third-order valence-corrected chi connectivity index (χ3v) is 5.95. The van der Waals surface area contributed by atoms with Crippen LogP contribution < -0.4 is 15.0 Å². The summed E-state index contributed by atoms with van der Waals surface area (Å²) in [6.07, 6.45) is 9.24. The highest BCUT2D eigenvalue weighted by molar-refractivity contribution is 6.06. The number of aryl methyl sites for hydroxylation is 1. The highest BCUT2D eigenvalue weighted by atomic mass is 16.5. The molecule has 0 aliphatic heterocycles. The minimum Gasteiger partial charge on any atom is -0.496 e. The van der Waals surface area contributed by atoms with Crippen LogP contribution in [0.15, 0.2) is 29.5 Å². The number of aromatic hydroxyl groups is 1. The first-order valence-electron chi connectivity index (χ1n) is 12.2. The number of aromatic amines is 1. The van der Waals surface area contributed by atoms with Crippen LogP contribution in [0.3, 0.4) is 0 Å². The minimum absolute atomic E-state index is 0.0273. The standard InChI is InChI=1S/C26H36N6O3/c1-5-6-7-8-9-10-22(33)27-13-14-32(3)25-23-20(26(34)31-24(23)29-17-30-25)16-28-19-11-12-21(35-4)18(2)15-19/h11-12,15-17,34H,5-10,13-14H2,1-4H3,(H,27,33)(H,29,30,31). The number of likely N-dealkylation sites (N-methyl/N-ethyl adjacent to an activating group) is 1. The second kappa shape index (κ2) is 12.7. The van der Waals surface area contributed by atoms with Crippen molar-refractivity contribution in [3.05, 3.63) is 35.7 Å². The van der Waals surface area contributed by atoms with Gasteiger partial charge in [-0.2, -0.15) is 0 Å². The summed E-state index contributed by atoms with van der Waals surface area (Å²) in [5.41, 5.74) is 2.73. The predicted molar refractivity (Wildman–Crippen MR) is 140 cm³/mol. The summed E-state index contributed by atoms with van der Waals surface area (Å²) in [5, 5.41) is 14.2. The Hall–Kier alpha value is -3.62. The number of anilines is 1. The van der Waals surface area contributed by atoms with E-state index in [1.54, 1.807) is 13.3 Å². The third kappa shape index (κ3) is 6.94. The lowest BCUT2D eigenvalue weighted by molar-refractivity contribution is -0.121. The number of aromatic nitrogens is 3. The van der Waals surface area contributed by atoms with E-state index in [1.807, 2.05) is 37.1 Å². The molecule has 0 aliphatic carbocycles. The summed E-state index contributed by atoms with van der Waals surface area (Å²) in [6, 6.07) is 5.63. The molecular weight excluding hydrogens is 444 g/mol. The molecule has 1 amide bonds.